The molecule has 0 bridgehead atoms. The highest BCUT2D eigenvalue weighted by Gasteiger charge is 2.23. The van der Waals surface area contributed by atoms with Crippen LogP contribution in [0.1, 0.15) is 64.2 Å². The van der Waals surface area contributed by atoms with Crippen molar-refractivity contribution in [1.82, 2.24) is 9.80 Å². The molecule has 1 atom stereocenters. The summed E-state index contributed by atoms with van der Waals surface area (Å²) in [5, 5.41) is 0. The standard InChI is InChI=1S/C17H35N3/c1-19-13-6-5-8-16(19)11-15-20(14-7-12-18)17-9-3-2-4-10-17/h16-17H,2-15,18H2,1H3. The van der Waals surface area contributed by atoms with E-state index in [1.165, 1.54) is 77.4 Å². The zero-order valence-electron chi connectivity index (χ0n) is 13.5. The molecule has 0 aromatic rings. The SMILES string of the molecule is CN1CCCCC1CCN(CCCN)C1CCCCC1. The van der Waals surface area contributed by atoms with Crippen LogP contribution in [0, 0.1) is 0 Å². The summed E-state index contributed by atoms with van der Waals surface area (Å²) in [7, 11) is 2.31. The van der Waals surface area contributed by atoms with Crippen molar-refractivity contribution in [2.45, 2.75) is 76.3 Å². The molecule has 1 aliphatic heterocycles. The quantitative estimate of drug-likeness (QED) is 0.779. The van der Waals surface area contributed by atoms with Crippen molar-refractivity contribution in [2.75, 3.05) is 33.2 Å². The first kappa shape index (κ1) is 16.3. The number of likely N-dealkylation sites (tertiary alicyclic amines) is 1. The summed E-state index contributed by atoms with van der Waals surface area (Å²) in [5.41, 5.74) is 5.73. The summed E-state index contributed by atoms with van der Waals surface area (Å²) in [5.74, 6) is 0. The Bertz CT molecular complexity index is 251. The van der Waals surface area contributed by atoms with E-state index in [9.17, 15) is 0 Å². The van der Waals surface area contributed by atoms with E-state index in [4.69, 9.17) is 5.73 Å². The van der Waals surface area contributed by atoms with Gasteiger partial charge < -0.3 is 15.5 Å². The lowest BCUT2D eigenvalue weighted by Crippen LogP contribution is -2.43. The minimum Gasteiger partial charge on any atom is -0.330 e. The Morgan fingerprint density at radius 2 is 1.75 bits per heavy atom. The first-order valence-corrected chi connectivity index (χ1v) is 8.95. The summed E-state index contributed by atoms with van der Waals surface area (Å²) < 4.78 is 0. The second kappa shape index (κ2) is 9.01. The van der Waals surface area contributed by atoms with Gasteiger partial charge in [0.25, 0.3) is 0 Å². The molecule has 2 rings (SSSR count). The molecule has 1 aliphatic carbocycles. The summed E-state index contributed by atoms with van der Waals surface area (Å²) in [6.45, 7) is 4.65. The molecule has 0 spiro atoms. The molecule has 2 aliphatic rings. The first-order valence-electron chi connectivity index (χ1n) is 8.95. The maximum absolute atomic E-state index is 5.73. The van der Waals surface area contributed by atoms with Crippen molar-refractivity contribution in [1.29, 1.82) is 0 Å². The van der Waals surface area contributed by atoms with Gasteiger partial charge in [0, 0.05) is 12.1 Å². The molecule has 20 heavy (non-hydrogen) atoms. The van der Waals surface area contributed by atoms with Crippen molar-refractivity contribution in [3.8, 4) is 0 Å². The van der Waals surface area contributed by atoms with Crippen LogP contribution in [0.4, 0.5) is 0 Å². The molecule has 0 amide bonds. The van der Waals surface area contributed by atoms with Crippen LogP contribution >= 0.6 is 0 Å². The lowest BCUT2D eigenvalue weighted by molar-refractivity contribution is 0.117. The average Bonchev–Trinajstić information content (AvgIpc) is 2.50. The van der Waals surface area contributed by atoms with Crippen LogP contribution in [-0.2, 0) is 0 Å². The van der Waals surface area contributed by atoms with Gasteiger partial charge >= 0.3 is 0 Å². The molecule has 0 radical (unpaired) electrons. The highest BCUT2D eigenvalue weighted by atomic mass is 15.2. The van der Waals surface area contributed by atoms with Crippen LogP contribution in [0.2, 0.25) is 0 Å². The maximum Gasteiger partial charge on any atom is 0.0104 e. The minimum atomic E-state index is 0.827. The fraction of sp³-hybridized carbons (Fsp3) is 1.00. The monoisotopic (exact) mass is 281 g/mol. The molecule has 1 heterocycles. The van der Waals surface area contributed by atoms with Gasteiger partial charge in [0.05, 0.1) is 0 Å². The van der Waals surface area contributed by atoms with Crippen molar-refractivity contribution >= 4 is 0 Å². The van der Waals surface area contributed by atoms with Crippen LogP contribution in [-0.4, -0.2) is 55.1 Å². The van der Waals surface area contributed by atoms with E-state index >= 15 is 0 Å². The molecular weight excluding hydrogens is 246 g/mol. The molecule has 0 aromatic heterocycles. The van der Waals surface area contributed by atoms with Gasteiger partial charge in [-0.15, -0.1) is 0 Å². The van der Waals surface area contributed by atoms with Gasteiger partial charge in [-0.2, -0.15) is 0 Å². The fourth-order valence-electron chi connectivity index (χ4n) is 4.04. The van der Waals surface area contributed by atoms with Crippen LogP contribution in [0.25, 0.3) is 0 Å². The lowest BCUT2D eigenvalue weighted by atomic mass is 9.93. The molecule has 2 fully saturated rings. The third kappa shape index (κ3) is 5.01. The van der Waals surface area contributed by atoms with Crippen molar-refractivity contribution in [3.05, 3.63) is 0 Å². The van der Waals surface area contributed by atoms with Gasteiger partial charge in [0.15, 0.2) is 0 Å². The maximum atomic E-state index is 5.73. The van der Waals surface area contributed by atoms with E-state index < -0.39 is 0 Å². The average molecular weight is 281 g/mol. The van der Waals surface area contributed by atoms with Crippen molar-refractivity contribution in [3.63, 3.8) is 0 Å². The van der Waals surface area contributed by atoms with Crippen LogP contribution in [0.5, 0.6) is 0 Å². The summed E-state index contributed by atoms with van der Waals surface area (Å²) in [6.07, 6.45) is 13.9. The number of nitrogens with zero attached hydrogens (tertiary/aromatic N) is 2. The van der Waals surface area contributed by atoms with Gasteiger partial charge in [-0.1, -0.05) is 25.7 Å². The van der Waals surface area contributed by atoms with E-state index in [-0.39, 0.29) is 0 Å². The Morgan fingerprint density at radius 1 is 1.00 bits per heavy atom. The highest BCUT2D eigenvalue weighted by Crippen LogP contribution is 2.24. The molecule has 1 unspecified atom stereocenters. The fourth-order valence-corrected chi connectivity index (χ4v) is 4.04. The van der Waals surface area contributed by atoms with E-state index in [1.54, 1.807) is 0 Å². The molecule has 2 N–H and O–H groups in total. The molecular formula is C17H35N3. The zero-order valence-corrected chi connectivity index (χ0v) is 13.5. The largest absolute Gasteiger partial charge is 0.330 e. The summed E-state index contributed by atoms with van der Waals surface area (Å²) in [4.78, 5) is 5.36. The summed E-state index contributed by atoms with van der Waals surface area (Å²) >= 11 is 0. The first-order chi connectivity index (χ1) is 9.81. The highest BCUT2D eigenvalue weighted by molar-refractivity contribution is 4.80. The second-order valence-corrected chi connectivity index (χ2v) is 6.89. The van der Waals surface area contributed by atoms with E-state index in [1.807, 2.05) is 0 Å². The predicted molar refractivity (Wildman–Crippen MR) is 87.0 cm³/mol. The Morgan fingerprint density at radius 3 is 2.45 bits per heavy atom. The molecule has 1 saturated carbocycles. The number of nitrogens with two attached hydrogens (primary N) is 1. The number of hydrogen-bond donors (Lipinski definition) is 1. The van der Waals surface area contributed by atoms with E-state index in [0.29, 0.717) is 0 Å². The van der Waals surface area contributed by atoms with E-state index in [2.05, 4.69) is 16.8 Å². The summed E-state index contributed by atoms with van der Waals surface area (Å²) in [6, 6.07) is 1.68. The molecule has 0 aromatic carbocycles. The second-order valence-electron chi connectivity index (χ2n) is 6.89. The number of piperidine rings is 1. The van der Waals surface area contributed by atoms with Gasteiger partial charge in [-0.25, -0.2) is 0 Å². The Hall–Kier alpha value is -0.120. The smallest absolute Gasteiger partial charge is 0.0104 e. The number of rotatable bonds is 7. The van der Waals surface area contributed by atoms with Crippen molar-refractivity contribution in [2.24, 2.45) is 5.73 Å². The van der Waals surface area contributed by atoms with Gasteiger partial charge in [-0.3, -0.25) is 0 Å². The van der Waals surface area contributed by atoms with Gasteiger partial charge in [-0.05, 0) is 71.8 Å². The van der Waals surface area contributed by atoms with Gasteiger partial charge in [0.1, 0.15) is 0 Å². The molecule has 1 saturated heterocycles. The normalized spacial score (nSPS) is 26.2. The Kier molecular flexibility index (Phi) is 7.32. The van der Waals surface area contributed by atoms with Crippen LogP contribution < -0.4 is 5.73 Å². The van der Waals surface area contributed by atoms with E-state index in [0.717, 1.165) is 25.0 Å². The van der Waals surface area contributed by atoms with Crippen LogP contribution in [0.3, 0.4) is 0 Å². The topological polar surface area (TPSA) is 32.5 Å². The Labute approximate surface area is 125 Å². The zero-order chi connectivity index (χ0) is 14.2. The molecule has 118 valence electrons. The third-order valence-corrected chi connectivity index (χ3v) is 5.41. The lowest BCUT2D eigenvalue weighted by Gasteiger charge is -2.38. The minimum absolute atomic E-state index is 0.827. The van der Waals surface area contributed by atoms with Crippen LogP contribution in [0.15, 0.2) is 0 Å². The Balaban J connectivity index is 1.79. The van der Waals surface area contributed by atoms with Crippen molar-refractivity contribution < 1.29 is 0 Å². The van der Waals surface area contributed by atoms with Gasteiger partial charge in [0.2, 0.25) is 0 Å². The molecule has 3 heteroatoms. The predicted octanol–water partition coefficient (Wildman–Crippen LogP) is 2.84. The molecule has 3 nitrogen and oxygen atoms in total. The third-order valence-electron chi connectivity index (χ3n) is 5.41. The number of hydrogen-bond acceptors (Lipinski definition) is 3.